The Labute approximate surface area is 86.1 Å². The SMILES string of the molecule is C.C=C.C=C(C)C(C)C.C=CCC. The zero-order valence-electron chi connectivity index (χ0n) is 9.19. The summed E-state index contributed by atoms with van der Waals surface area (Å²) in [7, 11) is 0. The number of hydrogen-bond donors (Lipinski definition) is 0. The molecule has 0 fully saturated rings. The van der Waals surface area contributed by atoms with Crippen molar-refractivity contribution in [1.82, 2.24) is 0 Å². The van der Waals surface area contributed by atoms with E-state index in [1.54, 1.807) is 0 Å². The van der Waals surface area contributed by atoms with Gasteiger partial charge in [-0.1, -0.05) is 46.4 Å². The molecule has 80 valence electrons. The maximum absolute atomic E-state index is 3.75. The summed E-state index contributed by atoms with van der Waals surface area (Å²) in [4.78, 5) is 0. The van der Waals surface area contributed by atoms with Crippen LogP contribution in [-0.4, -0.2) is 0 Å². The molecule has 0 aromatic rings. The second kappa shape index (κ2) is 22.5. The van der Waals surface area contributed by atoms with Gasteiger partial charge in [0.2, 0.25) is 0 Å². The van der Waals surface area contributed by atoms with E-state index in [0.717, 1.165) is 6.42 Å². The summed E-state index contributed by atoms with van der Waals surface area (Å²) in [6.07, 6.45) is 2.96. The summed E-state index contributed by atoms with van der Waals surface area (Å²) in [6, 6.07) is 0. The Morgan fingerprint density at radius 3 is 1.46 bits per heavy atom. The lowest BCUT2D eigenvalue weighted by Crippen LogP contribution is -1.83. The summed E-state index contributed by atoms with van der Waals surface area (Å²) < 4.78 is 0. The minimum Gasteiger partial charge on any atom is -0.106 e. The monoisotopic (exact) mass is 184 g/mol. The summed E-state index contributed by atoms with van der Waals surface area (Å²) in [5.74, 6) is 0.657. The minimum atomic E-state index is 0. The van der Waals surface area contributed by atoms with Crippen LogP contribution in [0.1, 0.15) is 41.5 Å². The van der Waals surface area contributed by atoms with Gasteiger partial charge in [-0.2, -0.15) is 0 Å². The van der Waals surface area contributed by atoms with Crippen LogP contribution >= 0.6 is 0 Å². The predicted octanol–water partition coefficient (Wildman–Crippen LogP) is 5.24. The molecule has 13 heavy (non-hydrogen) atoms. The third kappa shape index (κ3) is 53.6. The first kappa shape index (κ1) is 22.8. The normalized spacial score (nSPS) is 6.54. The van der Waals surface area contributed by atoms with E-state index in [4.69, 9.17) is 0 Å². The lowest BCUT2D eigenvalue weighted by Gasteiger charge is -1.97. The molecular formula is C13H28. The summed E-state index contributed by atoms with van der Waals surface area (Å²) >= 11 is 0. The van der Waals surface area contributed by atoms with Crippen molar-refractivity contribution in [1.29, 1.82) is 0 Å². The lowest BCUT2D eigenvalue weighted by molar-refractivity contribution is 0.773. The Bertz CT molecular complexity index is 98.6. The van der Waals surface area contributed by atoms with Gasteiger partial charge in [0, 0.05) is 0 Å². The van der Waals surface area contributed by atoms with Gasteiger partial charge in [-0.05, 0) is 19.3 Å². The van der Waals surface area contributed by atoms with Crippen LogP contribution < -0.4 is 0 Å². The standard InChI is InChI=1S/C6H12.C4H8.C2H4.CH4/c1-5(2)6(3)4;1-3-4-2;1-2;/h6H,1H2,2-4H3;3H,1,4H2,2H3;1-2H2;1H4. The van der Waals surface area contributed by atoms with Gasteiger partial charge in [-0.25, -0.2) is 0 Å². The van der Waals surface area contributed by atoms with Gasteiger partial charge in [-0.15, -0.1) is 19.7 Å². The lowest BCUT2D eigenvalue weighted by atomic mass is 10.1. The molecule has 0 rings (SSSR count). The average molecular weight is 184 g/mol. The molecule has 0 spiro atoms. The van der Waals surface area contributed by atoms with Crippen LogP contribution in [0.5, 0.6) is 0 Å². The summed E-state index contributed by atoms with van der Waals surface area (Å²) in [5.41, 5.74) is 1.26. The molecule has 0 aromatic heterocycles. The van der Waals surface area contributed by atoms with E-state index in [2.05, 4.69) is 47.1 Å². The van der Waals surface area contributed by atoms with Crippen molar-refractivity contribution in [2.24, 2.45) is 5.92 Å². The van der Waals surface area contributed by atoms with Gasteiger partial charge < -0.3 is 0 Å². The molecule has 0 radical (unpaired) electrons. The van der Waals surface area contributed by atoms with Gasteiger partial charge in [-0.3, -0.25) is 0 Å². The third-order valence-corrected chi connectivity index (χ3v) is 1.27. The maximum Gasteiger partial charge on any atom is -0.0266 e. The zero-order chi connectivity index (χ0) is 10.6. The van der Waals surface area contributed by atoms with Crippen molar-refractivity contribution in [2.75, 3.05) is 0 Å². The van der Waals surface area contributed by atoms with Crippen LogP contribution in [0.15, 0.2) is 38.0 Å². The van der Waals surface area contributed by atoms with Gasteiger partial charge in [0.1, 0.15) is 0 Å². The molecule has 0 saturated heterocycles. The molecule has 0 aromatic carbocycles. The van der Waals surface area contributed by atoms with E-state index in [1.165, 1.54) is 5.57 Å². The fourth-order valence-electron chi connectivity index (χ4n) is 0. The first-order valence-electron chi connectivity index (χ1n) is 4.32. The van der Waals surface area contributed by atoms with E-state index in [-0.39, 0.29) is 7.43 Å². The molecule has 0 bridgehead atoms. The molecule has 0 amide bonds. The largest absolute Gasteiger partial charge is 0.106 e. The highest BCUT2D eigenvalue weighted by molar-refractivity contribution is 4.90. The molecule has 0 N–H and O–H groups in total. The van der Waals surface area contributed by atoms with Crippen LogP contribution in [0.25, 0.3) is 0 Å². The zero-order valence-corrected chi connectivity index (χ0v) is 9.19. The molecule has 0 aliphatic carbocycles. The van der Waals surface area contributed by atoms with Crippen LogP contribution in [0.4, 0.5) is 0 Å². The predicted molar refractivity (Wildman–Crippen MR) is 68.1 cm³/mol. The molecule has 0 saturated carbocycles. The van der Waals surface area contributed by atoms with Gasteiger partial charge in [0.25, 0.3) is 0 Å². The van der Waals surface area contributed by atoms with Crippen molar-refractivity contribution in [3.8, 4) is 0 Å². The first-order valence-corrected chi connectivity index (χ1v) is 4.32. The second-order valence-corrected chi connectivity index (χ2v) is 2.70. The third-order valence-electron chi connectivity index (χ3n) is 1.27. The van der Waals surface area contributed by atoms with Crippen LogP contribution in [0.2, 0.25) is 0 Å². The molecule has 0 aliphatic heterocycles. The van der Waals surface area contributed by atoms with E-state index in [1.807, 2.05) is 13.0 Å². The van der Waals surface area contributed by atoms with Crippen molar-refractivity contribution < 1.29 is 0 Å². The van der Waals surface area contributed by atoms with Crippen molar-refractivity contribution in [2.45, 2.75) is 41.5 Å². The highest BCUT2D eigenvalue weighted by Gasteiger charge is 1.87. The Morgan fingerprint density at radius 2 is 1.46 bits per heavy atom. The van der Waals surface area contributed by atoms with Crippen molar-refractivity contribution >= 4 is 0 Å². The Balaban J connectivity index is -0.0000000512. The van der Waals surface area contributed by atoms with E-state index in [9.17, 15) is 0 Å². The molecule has 0 heterocycles. The number of hydrogen-bond acceptors (Lipinski definition) is 0. The number of allylic oxidation sites excluding steroid dienone is 2. The second-order valence-electron chi connectivity index (χ2n) is 2.70. The highest BCUT2D eigenvalue weighted by atomic mass is 13.9. The van der Waals surface area contributed by atoms with Crippen molar-refractivity contribution in [3.05, 3.63) is 38.0 Å². The first-order chi connectivity index (χ1) is 5.56. The fraction of sp³-hybridized carbons (Fsp3) is 0.538. The van der Waals surface area contributed by atoms with Crippen LogP contribution in [-0.2, 0) is 0 Å². The molecule has 0 unspecified atom stereocenters. The van der Waals surface area contributed by atoms with E-state index < -0.39 is 0 Å². The summed E-state index contributed by atoms with van der Waals surface area (Å²) in [5, 5.41) is 0. The van der Waals surface area contributed by atoms with Gasteiger partial charge in [0.05, 0.1) is 0 Å². The van der Waals surface area contributed by atoms with Crippen LogP contribution in [0, 0.1) is 5.92 Å². The van der Waals surface area contributed by atoms with E-state index >= 15 is 0 Å². The summed E-state index contributed by atoms with van der Waals surface area (Å²) in [6.45, 7) is 21.6. The number of rotatable bonds is 2. The smallest absolute Gasteiger partial charge is 0.0266 e. The Morgan fingerprint density at radius 1 is 1.31 bits per heavy atom. The molecule has 0 atom stereocenters. The molecule has 0 heteroatoms. The topological polar surface area (TPSA) is 0 Å². The highest BCUT2D eigenvalue weighted by Crippen LogP contribution is 2.02. The Kier molecular flexibility index (Phi) is 39.4. The van der Waals surface area contributed by atoms with Crippen LogP contribution in [0.3, 0.4) is 0 Å². The van der Waals surface area contributed by atoms with Gasteiger partial charge >= 0.3 is 0 Å². The molecule has 0 nitrogen and oxygen atoms in total. The molecule has 0 aliphatic rings. The fourth-order valence-corrected chi connectivity index (χ4v) is 0. The average Bonchev–Trinajstić information content (AvgIpc) is 2.08. The maximum atomic E-state index is 3.75. The van der Waals surface area contributed by atoms with Gasteiger partial charge in [0.15, 0.2) is 0 Å². The quantitative estimate of drug-likeness (QED) is 0.515. The Hall–Kier alpha value is -0.780. The van der Waals surface area contributed by atoms with E-state index in [0.29, 0.717) is 5.92 Å². The minimum absolute atomic E-state index is 0. The van der Waals surface area contributed by atoms with Crippen molar-refractivity contribution in [3.63, 3.8) is 0 Å². The molecular weight excluding hydrogens is 156 g/mol.